The lowest BCUT2D eigenvalue weighted by atomic mass is 10.2. The summed E-state index contributed by atoms with van der Waals surface area (Å²) < 4.78 is 0. The van der Waals surface area contributed by atoms with Gasteiger partial charge in [0, 0.05) is 6.42 Å². The van der Waals surface area contributed by atoms with Crippen LogP contribution in [0.15, 0.2) is 187 Å². The molecule has 234 valence electrons. The van der Waals surface area contributed by atoms with Gasteiger partial charge in [0.25, 0.3) is 0 Å². The van der Waals surface area contributed by atoms with Crippen LogP contribution < -0.4 is 48.8 Å². The van der Waals surface area contributed by atoms with Crippen molar-refractivity contribution < 1.29 is 17.0 Å². The Bertz CT molecular complexity index is 1680. The highest BCUT2D eigenvalue weighted by atomic mass is 79.9. The van der Waals surface area contributed by atoms with Crippen LogP contribution in [0.5, 0.6) is 0 Å². The van der Waals surface area contributed by atoms with Crippen LogP contribution in [0, 0.1) is 0 Å². The highest BCUT2D eigenvalue weighted by molar-refractivity contribution is 8.08. The second-order valence-electron chi connectivity index (χ2n) is 11.9. The maximum atomic E-state index is 5.67. The zero-order valence-electron chi connectivity index (χ0n) is 26.7. The van der Waals surface area contributed by atoms with Crippen molar-refractivity contribution in [1.82, 2.24) is 5.01 Å². The van der Waals surface area contributed by atoms with Crippen molar-refractivity contribution in [1.29, 1.82) is 0 Å². The van der Waals surface area contributed by atoms with Gasteiger partial charge in [-0.1, -0.05) is 109 Å². The quantitative estimate of drug-likeness (QED) is 0.193. The molecule has 5 heteroatoms. The number of hydrogen-bond donors (Lipinski definition) is 0. The van der Waals surface area contributed by atoms with E-state index in [0.717, 1.165) is 19.1 Å². The van der Waals surface area contributed by atoms with E-state index >= 15 is 0 Å². The van der Waals surface area contributed by atoms with Crippen LogP contribution in [0.3, 0.4) is 0 Å². The van der Waals surface area contributed by atoms with Gasteiger partial charge in [0.05, 0.1) is 18.7 Å². The molecule has 0 aliphatic carbocycles. The molecule has 1 atom stereocenters. The normalized spacial score (nSPS) is 14.7. The lowest BCUT2D eigenvalue weighted by Gasteiger charge is -2.30. The fraction of sp³-hybridized carbons (Fsp3) is 0.119. The largest absolute Gasteiger partial charge is 1.00 e. The van der Waals surface area contributed by atoms with Crippen LogP contribution in [-0.4, -0.2) is 29.2 Å². The maximum absolute atomic E-state index is 5.67. The maximum Gasteiger partial charge on any atom is 0.194 e. The Balaban J connectivity index is 0.00000386. The van der Waals surface area contributed by atoms with Crippen molar-refractivity contribution in [2.75, 3.05) is 12.7 Å². The van der Waals surface area contributed by atoms with Crippen LogP contribution in [0.1, 0.15) is 13.3 Å². The Kier molecular flexibility index (Phi) is 10.5. The average Bonchev–Trinajstić information content (AvgIpc) is 3.51. The third-order valence-electron chi connectivity index (χ3n) is 9.30. The van der Waals surface area contributed by atoms with Gasteiger partial charge in [-0.3, -0.25) is 5.01 Å². The van der Waals surface area contributed by atoms with Crippen molar-refractivity contribution >= 4 is 51.8 Å². The Morgan fingerprint density at radius 3 is 1.11 bits per heavy atom. The third-order valence-corrected chi connectivity index (χ3v) is 18.0. The lowest BCUT2D eigenvalue weighted by molar-refractivity contribution is -0.00000895. The molecule has 0 aromatic heterocycles. The molecule has 1 unspecified atom stereocenters. The Morgan fingerprint density at radius 2 is 0.787 bits per heavy atom. The van der Waals surface area contributed by atoms with Gasteiger partial charge in [-0.15, -0.1) is 5.10 Å². The van der Waals surface area contributed by atoms with Crippen LogP contribution in [-0.2, 0) is 0 Å². The van der Waals surface area contributed by atoms with E-state index in [1.807, 2.05) is 0 Å². The predicted molar refractivity (Wildman–Crippen MR) is 203 cm³/mol. The third kappa shape index (κ3) is 6.26. The summed E-state index contributed by atoms with van der Waals surface area (Å²) in [5.74, 6) is 0. The van der Waals surface area contributed by atoms with E-state index in [-0.39, 0.29) is 17.0 Å². The molecule has 7 rings (SSSR count). The van der Waals surface area contributed by atoms with Gasteiger partial charge >= 0.3 is 0 Å². The van der Waals surface area contributed by atoms with Crippen molar-refractivity contribution in [2.45, 2.75) is 19.4 Å². The minimum atomic E-state index is -2.20. The number of halogens is 1. The van der Waals surface area contributed by atoms with E-state index in [1.54, 1.807) is 0 Å². The molecule has 0 spiro atoms. The molecule has 0 bridgehead atoms. The van der Waals surface area contributed by atoms with Gasteiger partial charge in [-0.2, -0.15) is 0 Å². The molecule has 0 N–H and O–H groups in total. The zero-order chi connectivity index (χ0) is 31.2. The topological polar surface area (TPSA) is 15.6 Å². The first-order valence-electron chi connectivity index (χ1n) is 16.2. The lowest BCUT2D eigenvalue weighted by Crippen LogP contribution is -3.00. The van der Waals surface area contributed by atoms with Crippen molar-refractivity contribution in [3.05, 3.63) is 182 Å². The number of rotatable bonds is 10. The van der Waals surface area contributed by atoms with Crippen molar-refractivity contribution in [3.8, 4) is 0 Å². The molecule has 1 aliphatic heterocycles. The number of hydrogen-bond acceptors (Lipinski definition) is 2. The molecule has 1 heterocycles. The van der Waals surface area contributed by atoms with E-state index < -0.39 is 14.5 Å². The number of benzene rings is 6. The summed E-state index contributed by atoms with van der Waals surface area (Å²) in [5, 5.41) is 16.4. The monoisotopic (exact) mass is 713 g/mol. The molecule has 6 aromatic carbocycles. The Morgan fingerprint density at radius 1 is 0.489 bits per heavy atom. The fourth-order valence-corrected chi connectivity index (χ4v) is 15.8. The SMILES string of the molecule is CC1CC([P+](c2ccccc2)(c2ccccc2)c2ccccc2)=NN1CC[P+](c1ccccc1)(c1ccccc1)c1ccccc1.[Br-]. The molecular weight excluding hydrogens is 674 g/mol. The van der Waals surface area contributed by atoms with Crippen molar-refractivity contribution in [2.24, 2.45) is 5.10 Å². The predicted octanol–water partition coefficient (Wildman–Crippen LogP) is 4.39. The van der Waals surface area contributed by atoms with Crippen molar-refractivity contribution in [3.63, 3.8) is 0 Å². The fourth-order valence-electron chi connectivity index (χ4n) is 7.12. The molecule has 0 radical (unpaired) electrons. The molecule has 1 aliphatic rings. The first-order valence-corrected chi connectivity index (χ1v) is 19.9. The van der Waals surface area contributed by atoms with E-state index in [9.17, 15) is 0 Å². The Hall–Kier alpha value is -3.87. The number of hydrazone groups is 1. The zero-order valence-corrected chi connectivity index (χ0v) is 30.1. The smallest absolute Gasteiger partial charge is 0.194 e. The summed E-state index contributed by atoms with van der Waals surface area (Å²) in [4.78, 5) is 0. The van der Waals surface area contributed by atoms with Gasteiger partial charge in [0.15, 0.2) is 12.7 Å². The summed E-state index contributed by atoms with van der Waals surface area (Å²) in [6, 6.07) is 67.3. The van der Waals surface area contributed by atoms with E-state index in [2.05, 4.69) is 194 Å². The van der Waals surface area contributed by atoms with Gasteiger partial charge in [-0.25, -0.2) is 0 Å². The van der Waals surface area contributed by atoms with E-state index in [0.29, 0.717) is 6.04 Å². The highest BCUT2D eigenvalue weighted by Crippen LogP contribution is 2.60. The van der Waals surface area contributed by atoms with Crippen LogP contribution in [0.2, 0.25) is 0 Å². The molecule has 0 saturated carbocycles. The molecule has 47 heavy (non-hydrogen) atoms. The molecule has 6 aromatic rings. The summed E-state index contributed by atoms with van der Waals surface area (Å²) in [6.45, 7) is 3.25. The minimum Gasteiger partial charge on any atom is -1.00 e. The van der Waals surface area contributed by atoms with Gasteiger partial charge in [0.2, 0.25) is 0 Å². The van der Waals surface area contributed by atoms with E-state index in [4.69, 9.17) is 5.10 Å². The number of nitrogens with zero attached hydrogens (tertiary/aromatic N) is 2. The molecule has 0 saturated heterocycles. The van der Waals surface area contributed by atoms with Gasteiger partial charge in [-0.05, 0) is 79.7 Å². The molecule has 0 amide bonds. The second-order valence-corrected chi connectivity index (χ2v) is 19.0. The first kappa shape index (κ1) is 33.0. The van der Waals surface area contributed by atoms with Gasteiger partial charge < -0.3 is 17.0 Å². The van der Waals surface area contributed by atoms with Crippen LogP contribution in [0.4, 0.5) is 0 Å². The summed E-state index contributed by atoms with van der Waals surface area (Å²) in [7, 11) is -4.17. The summed E-state index contributed by atoms with van der Waals surface area (Å²) in [6.07, 6.45) is 1.96. The second kappa shape index (κ2) is 14.9. The summed E-state index contributed by atoms with van der Waals surface area (Å²) in [5.41, 5.74) is 1.31. The standard InChI is InChI=1S/C42H40N2P2.BrH/c1-35-34-42(46(39-26-14-5-15-27-39,40-28-16-6-17-29-40)41-30-18-7-19-31-41)43-44(35)32-33-45(36-20-8-2-9-21-36,37-22-10-3-11-23-37)38-24-12-4-13-25-38;/h2-31,35H,32-34H2,1H3;1H/q+2;/p-1. The van der Waals surface area contributed by atoms with Crippen LogP contribution in [0.25, 0.3) is 0 Å². The summed E-state index contributed by atoms with van der Waals surface area (Å²) >= 11 is 0. The average molecular weight is 715 g/mol. The van der Waals surface area contributed by atoms with E-state index in [1.165, 1.54) is 37.3 Å². The first-order chi connectivity index (χ1) is 22.7. The van der Waals surface area contributed by atoms with Gasteiger partial charge in [0.1, 0.15) is 39.1 Å². The highest BCUT2D eigenvalue weighted by Gasteiger charge is 2.54. The molecular formula is C42H40BrN2P2+. The molecule has 0 fully saturated rings. The molecule has 2 nitrogen and oxygen atoms in total. The minimum absolute atomic E-state index is 0. The Labute approximate surface area is 291 Å². The van der Waals surface area contributed by atoms with Crippen LogP contribution >= 0.6 is 14.5 Å².